The first-order valence-corrected chi connectivity index (χ1v) is 4.25. The van der Waals surface area contributed by atoms with Crippen LogP contribution in [0.2, 0.25) is 0 Å². The lowest BCUT2D eigenvalue weighted by molar-refractivity contribution is -0.133. The third-order valence-corrected chi connectivity index (χ3v) is 2.66. The van der Waals surface area contributed by atoms with Crippen molar-refractivity contribution < 1.29 is 9.59 Å². The van der Waals surface area contributed by atoms with Crippen LogP contribution >= 0.6 is 0 Å². The molecular weight excluding hydrogens is 152 g/mol. The molecule has 2 nitrogen and oxygen atoms in total. The van der Waals surface area contributed by atoms with E-state index in [0.717, 1.165) is 12.7 Å². The third kappa shape index (κ3) is 1.33. The van der Waals surface area contributed by atoms with Gasteiger partial charge in [-0.2, -0.15) is 0 Å². The molecule has 0 bridgehead atoms. The SMILES string of the molecule is C=CCC1CCC(C)(C=O)C1=O. The summed E-state index contributed by atoms with van der Waals surface area (Å²) in [6.45, 7) is 5.32. The Hall–Kier alpha value is -0.920. The number of ketones is 1. The Morgan fingerprint density at radius 2 is 2.42 bits per heavy atom. The van der Waals surface area contributed by atoms with Crippen molar-refractivity contribution in [3.8, 4) is 0 Å². The average Bonchev–Trinajstić information content (AvgIpc) is 2.35. The lowest BCUT2D eigenvalue weighted by Crippen LogP contribution is -2.26. The molecule has 0 amide bonds. The van der Waals surface area contributed by atoms with Gasteiger partial charge in [0, 0.05) is 5.92 Å². The Balaban J connectivity index is 2.73. The minimum atomic E-state index is -0.701. The number of carbonyl (C=O) groups excluding carboxylic acids is 2. The van der Waals surface area contributed by atoms with Crippen LogP contribution in [0.4, 0.5) is 0 Å². The van der Waals surface area contributed by atoms with Crippen LogP contribution in [0.25, 0.3) is 0 Å². The van der Waals surface area contributed by atoms with E-state index in [4.69, 9.17) is 0 Å². The Morgan fingerprint density at radius 1 is 1.75 bits per heavy atom. The molecule has 0 aromatic rings. The minimum Gasteiger partial charge on any atom is -0.302 e. The molecule has 1 aliphatic rings. The van der Waals surface area contributed by atoms with Gasteiger partial charge in [-0.1, -0.05) is 6.08 Å². The molecule has 0 radical (unpaired) electrons. The minimum absolute atomic E-state index is 0.0395. The molecule has 0 aromatic carbocycles. The maximum Gasteiger partial charge on any atom is 0.149 e. The van der Waals surface area contributed by atoms with Crippen LogP contribution in [-0.4, -0.2) is 12.1 Å². The van der Waals surface area contributed by atoms with Gasteiger partial charge in [0.2, 0.25) is 0 Å². The Kier molecular flexibility index (Phi) is 2.46. The molecule has 0 spiro atoms. The molecule has 0 aromatic heterocycles. The molecule has 12 heavy (non-hydrogen) atoms. The highest BCUT2D eigenvalue weighted by Crippen LogP contribution is 2.37. The first kappa shape index (κ1) is 9.17. The number of hydrogen-bond acceptors (Lipinski definition) is 2. The van der Waals surface area contributed by atoms with Gasteiger partial charge in [0.15, 0.2) is 0 Å². The number of hydrogen-bond donors (Lipinski definition) is 0. The maximum atomic E-state index is 11.6. The molecule has 0 heterocycles. The Morgan fingerprint density at radius 3 is 2.83 bits per heavy atom. The second-order valence-corrected chi connectivity index (χ2v) is 3.66. The van der Waals surface area contributed by atoms with E-state index in [1.165, 1.54) is 0 Å². The molecule has 0 saturated heterocycles. The van der Waals surface area contributed by atoms with Crippen molar-refractivity contribution in [2.75, 3.05) is 0 Å². The quantitative estimate of drug-likeness (QED) is 0.363. The van der Waals surface area contributed by atoms with Crippen molar-refractivity contribution in [1.82, 2.24) is 0 Å². The predicted octanol–water partition coefficient (Wildman–Crippen LogP) is 1.75. The molecule has 2 unspecified atom stereocenters. The van der Waals surface area contributed by atoms with Gasteiger partial charge in [0.25, 0.3) is 0 Å². The summed E-state index contributed by atoms with van der Waals surface area (Å²) in [7, 11) is 0. The molecule has 0 N–H and O–H groups in total. The molecule has 66 valence electrons. The second-order valence-electron chi connectivity index (χ2n) is 3.66. The summed E-state index contributed by atoms with van der Waals surface area (Å²) >= 11 is 0. The summed E-state index contributed by atoms with van der Waals surface area (Å²) < 4.78 is 0. The largest absolute Gasteiger partial charge is 0.302 e. The highest BCUT2D eigenvalue weighted by Gasteiger charge is 2.43. The summed E-state index contributed by atoms with van der Waals surface area (Å²) in [5.41, 5.74) is -0.701. The van der Waals surface area contributed by atoms with E-state index in [-0.39, 0.29) is 11.7 Å². The fourth-order valence-corrected chi connectivity index (χ4v) is 1.74. The number of rotatable bonds is 3. The standard InChI is InChI=1S/C10H14O2/c1-3-4-8-5-6-10(2,7-11)9(8)12/h3,7-8H,1,4-6H2,2H3. The van der Waals surface area contributed by atoms with Gasteiger partial charge in [-0.15, -0.1) is 6.58 Å². The van der Waals surface area contributed by atoms with Crippen molar-refractivity contribution in [1.29, 1.82) is 0 Å². The first-order chi connectivity index (χ1) is 5.64. The summed E-state index contributed by atoms with van der Waals surface area (Å²) in [6, 6.07) is 0. The van der Waals surface area contributed by atoms with Gasteiger partial charge in [-0.3, -0.25) is 4.79 Å². The fourth-order valence-electron chi connectivity index (χ4n) is 1.74. The lowest BCUT2D eigenvalue weighted by atomic mass is 9.87. The number of aldehydes is 1. The van der Waals surface area contributed by atoms with Crippen molar-refractivity contribution in [2.24, 2.45) is 11.3 Å². The van der Waals surface area contributed by atoms with Gasteiger partial charge in [-0.05, 0) is 26.2 Å². The van der Waals surface area contributed by atoms with Crippen molar-refractivity contribution in [3.63, 3.8) is 0 Å². The van der Waals surface area contributed by atoms with Crippen molar-refractivity contribution in [3.05, 3.63) is 12.7 Å². The van der Waals surface area contributed by atoms with E-state index in [1.54, 1.807) is 13.0 Å². The average molecular weight is 166 g/mol. The smallest absolute Gasteiger partial charge is 0.149 e. The van der Waals surface area contributed by atoms with Crippen LogP contribution < -0.4 is 0 Å². The molecule has 2 atom stereocenters. The van der Waals surface area contributed by atoms with Gasteiger partial charge in [0.05, 0.1) is 5.41 Å². The topological polar surface area (TPSA) is 34.1 Å². The normalized spacial score (nSPS) is 35.1. The van der Waals surface area contributed by atoms with Crippen molar-refractivity contribution >= 4 is 12.1 Å². The van der Waals surface area contributed by atoms with Gasteiger partial charge in [0.1, 0.15) is 12.1 Å². The van der Waals surface area contributed by atoms with E-state index < -0.39 is 5.41 Å². The van der Waals surface area contributed by atoms with Crippen LogP contribution in [0.5, 0.6) is 0 Å². The van der Waals surface area contributed by atoms with E-state index in [2.05, 4.69) is 6.58 Å². The summed E-state index contributed by atoms with van der Waals surface area (Å²) in [5, 5.41) is 0. The molecule has 1 aliphatic carbocycles. The molecule has 2 heteroatoms. The molecule has 1 saturated carbocycles. The van der Waals surface area contributed by atoms with E-state index in [0.29, 0.717) is 12.8 Å². The Labute approximate surface area is 72.7 Å². The second kappa shape index (κ2) is 3.21. The monoisotopic (exact) mass is 166 g/mol. The van der Waals surface area contributed by atoms with Gasteiger partial charge in [-0.25, -0.2) is 0 Å². The van der Waals surface area contributed by atoms with Gasteiger partial charge < -0.3 is 4.79 Å². The highest BCUT2D eigenvalue weighted by molar-refractivity contribution is 6.00. The lowest BCUT2D eigenvalue weighted by Gasteiger charge is -2.13. The summed E-state index contributed by atoms with van der Waals surface area (Å²) in [5.74, 6) is 0.134. The predicted molar refractivity (Wildman–Crippen MR) is 46.7 cm³/mol. The molecule has 1 rings (SSSR count). The van der Waals surface area contributed by atoms with Crippen LogP contribution in [0, 0.1) is 11.3 Å². The van der Waals surface area contributed by atoms with Crippen molar-refractivity contribution in [2.45, 2.75) is 26.2 Å². The molecular formula is C10H14O2. The van der Waals surface area contributed by atoms with Crippen LogP contribution in [0.1, 0.15) is 26.2 Å². The zero-order valence-electron chi connectivity index (χ0n) is 7.38. The fraction of sp³-hybridized carbons (Fsp3) is 0.600. The first-order valence-electron chi connectivity index (χ1n) is 4.25. The number of carbonyl (C=O) groups is 2. The molecule has 1 fully saturated rings. The highest BCUT2D eigenvalue weighted by atomic mass is 16.1. The zero-order chi connectivity index (χ0) is 9.19. The third-order valence-electron chi connectivity index (χ3n) is 2.66. The number of allylic oxidation sites excluding steroid dienone is 1. The summed E-state index contributed by atoms with van der Waals surface area (Å²) in [4.78, 5) is 22.2. The zero-order valence-corrected chi connectivity index (χ0v) is 7.38. The van der Waals surface area contributed by atoms with E-state index >= 15 is 0 Å². The van der Waals surface area contributed by atoms with Gasteiger partial charge >= 0.3 is 0 Å². The maximum absolute atomic E-state index is 11.6. The van der Waals surface area contributed by atoms with Crippen LogP contribution in [0.3, 0.4) is 0 Å². The summed E-state index contributed by atoms with van der Waals surface area (Å²) in [6.07, 6.45) is 4.79. The van der Waals surface area contributed by atoms with Crippen LogP contribution in [0.15, 0.2) is 12.7 Å². The Bertz CT molecular complexity index is 220. The molecule has 0 aliphatic heterocycles. The number of Topliss-reactive ketones (excluding diaryl/α,β-unsaturated/α-hetero) is 1. The van der Waals surface area contributed by atoms with E-state index in [9.17, 15) is 9.59 Å². The van der Waals surface area contributed by atoms with Crippen LogP contribution in [-0.2, 0) is 9.59 Å². The van der Waals surface area contributed by atoms with E-state index in [1.807, 2.05) is 0 Å².